The third-order valence-corrected chi connectivity index (χ3v) is 6.22. The van der Waals surface area contributed by atoms with Crippen molar-refractivity contribution in [3.63, 3.8) is 0 Å². The first kappa shape index (κ1) is 14.0. The zero-order valence-corrected chi connectivity index (χ0v) is 13.2. The predicted molar refractivity (Wildman–Crippen MR) is 86.6 cm³/mol. The van der Waals surface area contributed by atoms with Gasteiger partial charge in [0.25, 0.3) is 0 Å². The lowest BCUT2D eigenvalue weighted by Crippen LogP contribution is -2.62. The summed E-state index contributed by atoms with van der Waals surface area (Å²) in [5.74, 6) is 0.0949. The number of hydrogen-bond donors (Lipinski definition) is 2. The van der Waals surface area contributed by atoms with Gasteiger partial charge in [0.15, 0.2) is 0 Å². The molecule has 0 bridgehead atoms. The molecule has 1 saturated carbocycles. The van der Waals surface area contributed by atoms with Gasteiger partial charge in [-0.05, 0) is 18.4 Å². The molecule has 2 aliphatic heterocycles. The summed E-state index contributed by atoms with van der Waals surface area (Å²) in [7, 11) is 0. The van der Waals surface area contributed by atoms with Crippen molar-refractivity contribution in [3.05, 3.63) is 42.4 Å². The number of nitrogens with zero attached hydrogens (tertiary/aromatic N) is 3. The van der Waals surface area contributed by atoms with E-state index < -0.39 is 12.2 Å². The van der Waals surface area contributed by atoms with Gasteiger partial charge in [-0.1, -0.05) is 24.3 Å². The van der Waals surface area contributed by atoms with Gasteiger partial charge >= 0.3 is 6.09 Å². The molecule has 124 valence electrons. The number of aromatic nitrogens is 2. The second-order valence-electron chi connectivity index (χ2n) is 7.37. The molecule has 5 rings (SSSR count). The fourth-order valence-corrected chi connectivity index (χ4v) is 5.05. The largest absolute Gasteiger partial charge is 0.465 e. The van der Waals surface area contributed by atoms with Gasteiger partial charge in [-0.25, -0.2) is 9.78 Å². The predicted octanol–water partition coefficient (Wildman–Crippen LogP) is 2.20. The summed E-state index contributed by atoms with van der Waals surface area (Å²) in [4.78, 5) is 16.8. The van der Waals surface area contributed by atoms with Crippen molar-refractivity contribution in [1.29, 1.82) is 0 Å². The summed E-state index contributed by atoms with van der Waals surface area (Å²) in [6.45, 7) is 0.899. The average molecular weight is 325 g/mol. The van der Waals surface area contributed by atoms with Crippen molar-refractivity contribution >= 4 is 6.09 Å². The van der Waals surface area contributed by atoms with Gasteiger partial charge in [0.2, 0.25) is 0 Å². The van der Waals surface area contributed by atoms with E-state index in [1.54, 1.807) is 0 Å². The number of carboxylic acid groups (broad SMARTS) is 1. The van der Waals surface area contributed by atoms with E-state index in [4.69, 9.17) is 5.11 Å². The minimum Gasteiger partial charge on any atom is -0.465 e. The number of benzene rings is 1. The molecule has 1 aliphatic carbocycles. The van der Waals surface area contributed by atoms with Crippen LogP contribution in [-0.2, 0) is 0 Å². The van der Waals surface area contributed by atoms with Gasteiger partial charge < -0.3 is 19.7 Å². The smallest absolute Gasteiger partial charge is 0.407 e. The topological polar surface area (TPSA) is 78.6 Å². The Hall–Kier alpha value is -2.34. The Morgan fingerprint density at radius 2 is 2.08 bits per heavy atom. The number of rotatable bonds is 1. The first-order valence-corrected chi connectivity index (χ1v) is 8.38. The van der Waals surface area contributed by atoms with Gasteiger partial charge in [-0.2, -0.15) is 0 Å². The molecule has 0 radical (unpaired) electrons. The lowest BCUT2D eigenvalue weighted by Gasteiger charge is -2.49. The second-order valence-corrected chi connectivity index (χ2v) is 7.37. The van der Waals surface area contributed by atoms with Crippen LogP contribution < -0.4 is 0 Å². The molecule has 2 aromatic rings. The Bertz CT molecular complexity index is 824. The Kier molecular flexibility index (Phi) is 2.69. The Balaban J connectivity index is 1.49. The van der Waals surface area contributed by atoms with Crippen LogP contribution in [0.15, 0.2) is 36.8 Å². The molecule has 2 fully saturated rings. The quantitative estimate of drug-likeness (QED) is 0.842. The zero-order valence-electron chi connectivity index (χ0n) is 13.2. The van der Waals surface area contributed by atoms with Crippen LogP contribution in [0, 0.1) is 11.3 Å². The lowest BCUT2D eigenvalue weighted by molar-refractivity contribution is -0.0765. The fourth-order valence-electron chi connectivity index (χ4n) is 5.05. The molecule has 1 amide bonds. The van der Waals surface area contributed by atoms with E-state index in [2.05, 4.69) is 21.7 Å². The van der Waals surface area contributed by atoms with Crippen molar-refractivity contribution in [2.75, 3.05) is 13.1 Å². The van der Waals surface area contributed by atoms with E-state index in [1.165, 1.54) is 16.0 Å². The molecule has 1 aromatic heterocycles. The highest BCUT2D eigenvalue weighted by atomic mass is 16.4. The molecule has 6 heteroatoms. The van der Waals surface area contributed by atoms with Crippen LogP contribution in [0.5, 0.6) is 0 Å². The molecule has 2 N–H and O–H groups in total. The van der Waals surface area contributed by atoms with E-state index >= 15 is 0 Å². The summed E-state index contributed by atoms with van der Waals surface area (Å²) < 4.78 is 2.17. The van der Waals surface area contributed by atoms with E-state index in [0.717, 1.165) is 18.5 Å². The third kappa shape index (κ3) is 1.64. The highest BCUT2D eigenvalue weighted by Crippen LogP contribution is 2.55. The number of hydrogen-bond acceptors (Lipinski definition) is 3. The molecule has 6 nitrogen and oxygen atoms in total. The standard InChI is InChI=1S/C18H19N3O3/c22-16-13(5-6-18(16)8-20(9-18)17(23)24)15-12-4-2-1-3-11(12)14-7-19-10-21(14)15/h1-4,7,10,13,15-16,22H,5-6,8-9H2,(H,23,24)/t13-,15-,16+/m0/s1. The van der Waals surface area contributed by atoms with Gasteiger partial charge in [0, 0.05) is 30.0 Å². The van der Waals surface area contributed by atoms with Crippen LogP contribution >= 0.6 is 0 Å². The molecular formula is C18H19N3O3. The Morgan fingerprint density at radius 3 is 2.88 bits per heavy atom. The molecule has 3 atom stereocenters. The number of carbonyl (C=O) groups is 1. The molecule has 3 aliphatic rings. The molecule has 1 aromatic carbocycles. The third-order valence-electron chi connectivity index (χ3n) is 6.22. The van der Waals surface area contributed by atoms with Gasteiger partial charge in [0.05, 0.1) is 30.4 Å². The van der Waals surface area contributed by atoms with E-state index in [1.807, 2.05) is 24.7 Å². The summed E-state index contributed by atoms with van der Waals surface area (Å²) in [6, 6.07) is 8.40. The van der Waals surface area contributed by atoms with Crippen molar-refractivity contribution in [3.8, 4) is 11.3 Å². The van der Waals surface area contributed by atoms with Crippen molar-refractivity contribution in [1.82, 2.24) is 14.5 Å². The summed E-state index contributed by atoms with van der Waals surface area (Å²) in [6.07, 6.45) is 4.14. The summed E-state index contributed by atoms with van der Waals surface area (Å²) >= 11 is 0. The van der Waals surface area contributed by atoms with Crippen LogP contribution in [0.4, 0.5) is 4.79 Å². The van der Waals surface area contributed by atoms with E-state index in [0.29, 0.717) is 13.1 Å². The normalized spacial score (nSPS) is 29.4. The maximum absolute atomic E-state index is 11.1. The molecule has 1 spiro atoms. The number of likely N-dealkylation sites (tertiary alicyclic amines) is 1. The average Bonchev–Trinajstić information content (AvgIpc) is 3.18. The number of fused-ring (bicyclic) bond motifs is 3. The van der Waals surface area contributed by atoms with Crippen molar-refractivity contribution in [2.24, 2.45) is 11.3 Å². The van der Waals surface area contributed by atoms with Crippen LogP contribution in [-0.4, -0.2) is 50.0 Å². The maximum Gasteiger partial charge on any atom is 0.407 e. The number of imidazole rings is 1. The van der Waals surface area contributed by atoms with Gasteiger partial charge in [0.1, 0.15) is 0 Å². The maximum atomic E-state index is 11.1. The van der Waals surface area contributed by atoms with Gasteiger partial charge in [-0.3, -0.25) is 0 Å². The monoisotopic (exact) mass is 325 g/mol. The molecular weight excluding hydrogens is 306 g/mol. The Morgan fingerprint density at radius 1 is 1.29 bits per heavy atom. The number of amides is 1. The van der Waals surface area contributed by atoms with E-state index in [-0.39, 0.29) is 17.4 Å². The summed E-state index contributed by atoms with van der Waals surface area (Å²) in [5.41, 5.74) is 3.27. The second kappa shape index (κ2) is 4.60. The lowest BCUT2D eigenvalue weighted by atomic mass is 9.74. The first-order chi connectivity index (χ1) is 11.6. The highest BCUT2D eigenvalue weighted by molar-refractivity contribution is 5.69. The SMILES string of the molecule is O=C(O)N1CC2(CC[C@@H]([C@@H]3c4ccccc4-c4cncn43)[C@H]2O)C1. The van der Waals surface area contributed by atoms with Gasteiger partial charge in [-0.15, -0.1) is 0 Å². The first-order valence-electron chi connectivity index (χ1n) is 8.38. The number of aliphatic hydroxyl groups excluding tert-OH is 1. The van der Waals surface area contributed by atoms with Crippen LogP contribution in [0.1, 0.15) is 24.4 Å². The van der Waals surface area contributed by atoms with Crippen molar-refractivity contribution in [2.45, 2.75) is 25.0 Å². The molecule has 1 saturated heterocycles. The fraction of sp³-hybridized carbons (Fsp3) is 0.444. The van der Waals surface area contributed by atoms with Crippen LogP contribution in [0.25, 0.3) is 11.3 Å². The minimum absolute atomic E-state index is 0.0898. The zero-order chi connectivity index (χ0) is 16.5. The van der Waals surface area contributed by atoms with Crippen LogP contribution in [0.3, 0.4) is 0 Å². The number of aliphatic hydroxyl groups is 1. The van der Waals surface area contributed by atoms with Crippen LogP contribution in [0.2, 0.25) is 0 Å². The van der Waals surface area contributed by atoms with Crippen molar-refractivity contribution < 1.29 is 15.0 Å². The minimum atomic E-state index is -0.889. The summed E-state index contributed by atoms with van der Waals surface area (Å²) in [5, 5.41) is 20.2. The molecule has 3 heterocycles. The molecule has 24 heavy (non-hydrogen) atoms. The Labute approximate surface area is 139 Å². The van der Waals surface area contributed by atoms with E-state index in [9.17, 15) is 9.90 Å². The highest BCUT2D eigenvalue weighted by Gasteiger charge is 2.58. The molecule has 0 unspecified atom stereocenters.